The standard InChI is InChI=1S/C11H9Cl2N3O/c1-16(2)10-7-4-3-6(9(12)17)5-8(7)14-11(13)15-10/h3-5H,1-2H3. The Kier molecular flexibility index (Phi) is 3.17. The summed E-state index contributed by atoms with van der Waals surface area (Å²) in [5, 5.41) is 0.439. The van der Waals surface area contributed by atoms with Gasteiger partial charge in [-0.25, -0.2) is 4.98 Å². The molecule has 2 rings (SSSR count). The van der Waals surface area contributed by atoms with Gasteiger partial charge in [0.05, 0.1) is 5.52 Å². The SMILES string of the molecule is CN(C)c1nc(Cl)nc2cc(C(=O)Cl)ccc12. The van der Waals surface area contributed by atoms with E-state index in [0.29, 0.717) is 16.9 Å². The van der Waals surface area contributed by atoms with Gasteiger partial charge in [-0.05, 0) is 41.4 Å². The molecule has 1 heterocycles. The van der Waals surface area contributed by atoms with Crippen molar-refractivity contribution in [2.24, 2.45) is 0 Å². The maximum absolute atomic E-state index is 11.1. The molecule has 0 N–H and O–H groups in total. The topological polar surface area (TPSA) is 46.1 Å². The largest absolute Gasteiger partial charge is 0.362 e. The van der Waals surface area contributed by atoms with E-state index in [9.17, 15) is 4.79 Å². The van der Waals surface area contributed by atoms with Crippen molar-refractivity contribution in [1.29, 1.82) is 0 Å². The van der Waals surface area contributed by atoms with E-state index >= 15 is 0 Å². The fourth-order valence-corrected chi connectivity index (χ4v) is 1.84. The summed E-state index contributed by atoms with van der Waals surface area (Å²) in [6, 6.07) is 5.00. The number of carbonyl (C=O) groups excluding carboxylic acids is 1. The first kappa shape index (κ1) is 12.1. The van der Waals surface area contributed by atoms with Gasteiger partial charge < -0.3 is 4.90 Å². The molecule has 0 unspecified atom stereocenters. The first-order chi connectivity index (χ1) is 7.99. The van der Waals surface area contributed by atoms with Crippen molar-refractivity contribution >= 4 is 45.2 Å². The Morgan fingerprint density at radius 2 is 2.00 bits per heavy atom. The van der Waals surface area contributed by atoms with Crippen molar-refractivity contribution in [1.82, 2.24) is 9.97 Å². The summed E-state index contributed by atoms with van der Waals surface area (Å²) in [6.07, 6.45) is 0. The highest BCUT2D eigenvalue weighted by Gasteiger charge is 2.10. The van der Waals surface area contributed by atoms with E-state index in [4.69, 9.17) is 23.2 Å². The van der Waals surface area contributed by atoms with Crippen LogP contribution in [0.25, 0.3) is 10.9 Å². The number of anilines is 1. The molecular formula is C11H9Cl2N3O. The Morgan fingerprint density at radius 1 is 1.29 bits per heavy atom. The van der Waals surface area contributed by atoms with Gasteiger partial charge in [0.25, 0.3) is 5.24 Å². The Hall–Kier alpha value is -1.39. The van der Waals surface area contributed by atoms with E-state index in [1.165, 1.54) is 0 Å². The zero-order valence-corrected chi connectivity index (χ0v) is 10.7. The lowest BCUT2D eigenvalue weighted by atomic mass is 10.1. The summed E-state index contributed by atoms with van der Waals surface area (Å²) in [5.74, 6) is 0.702. The lowest BCUT2D eigenvalue weighted by Crippen LogP contribution is -2.12. The normalized spacial score (nSPS) is 10.6. The molecule has 4 nitrogen and oxygen atoms in total. The quantitative estimate of drug-likeness (QED) is 0.621. The number of hydrogen-bond donors (Lipinski definition) is 0. The highest BCUT2D eigenvalue weighted by molar-refractivity contribution is 6.67. The van der Waals surface area contributed by atoms with Crippen molar-refractivity contribution in [3.8, 4) is 0 Å². The smallest absolute Gasteiger partial charge is 0.252 e. The fraction of sp³-hybridized carbons (Fsp3) is 0.182. The zero-order chi connectivity index (χ0) is 12.6. The van der Waals surface area contributed by atoms with E-state index < -0.39 is 5.24 Å². The predicted octanol–water partition coefficient (Wildman–Crippen LogP) is 2.73. The van der Waals surface area contributed by atoms with E-state index in [1.807, 2.05) is 19.0 Å². The summed E-state index contributed by atoms with van der Waals surface area (Å²) >= 11 is 11.3. The maximum atomic E-state index is 11.1. The molecule has 0 spiro atoms. The van der Waals surface area contributed by atoms with Crippen LogP contribution in [0.15, 0.2) is 18.2 Å². The first-order valence-electron chi connectivity index (χ1n) is 4.83. The van der Waals surface area contributed by atoms with E-state index in [0.717, 1.165) is 5.39 Å². The number of nitrogens with zero attached hydrogens (tertiary/aromatic N) is 3. The average molecular weight is 270 g/mol. The molecule has 0 saturated heterocycles. The summed E-state index contributed by atoms with van der Waals surface area (Å²) in [6.45, 7) is 0. The third-order valence-electron chi connectivity index (χ3n) is 2.30. The molecule has 0 amide bonds. The predicted molar refractivity (Wildman–Crippen MR) is 69.1 cm³/mol. The highest BCUT2D eigenvalue weighted by atomic mass is 35.5. The number of hydrogen-bond acceptors (Lipinski definition) is 4. The molecule has 2 aromatic rings. The van der Waals surface area contributed by atoms with Crippen LogP contribution >= 0.6 is 23.2 Å². The first-order valence-corrected chi connectivity index (χ1v) is 5.59. The van der Waals surface area contributed by atoms with Gasteiger partial charge in [0.15, 0.2) is 0 Å². The van der Waals surface area contributed by atoms with Crippen LogP contribution in [-0.2, 0) is 0 Å². The van der Waals surface area contributed by atoms with Gasteiger partial charge in [-0.1, -0.05) is 0 Å². The third-order valence-corrected chi connectivity index (χ3v) is 2.69. The van der Waals surface area contributed by atoms with E-state index in [-0.39, 0.29) is 5.28 Å². The third kappa shape index (κ3) is 2.33. The second-order valence-corrected chi connectivity index (χ2v) is 4.40. The maximum Gasteiger partial charge on any atom is 0.252 e. The van der Waals surface area contributed by atoms with E-state index in [1.54, 1.807) is 18.2 Å². The van der Waals surface area contributed by atoms with Gasteiger partial charge in [-0.2, -0.15) is 4.98 Å². The number of benzene rings is 1. The molecule has 88 valence electrons. The van der Waals surface area contributed by atoms with Gasteiger partial charge in [-0.15, -0.1) is 0 Å². The van der Waals surface area contributed by atoms with Crippen LogP contribution in [0, 0.1) is 0 Å². The summed E-state index contributed by atoms with van der Waals surface area (Å²) in [4.78, 5) is 21.1. The molecule has 0 fully saturated rings. The van der Waals surface area contributed by atoms with Gasteiger partial charge in [0, 0.05) is 25.0 Å². The number of aromatic nitrogens is 2. The van der Waals surface area contributed by atoms with Gasteiger partial charge >= 0.3 is 0 Å². The number of carbonyl (C=O) groups is 1. The Labute approximate surface area is 108 Å². The Balaban J connectivity index is 2.75. The van der Waals surface area contributed by atoms with Crippen LogP contribution in [0.2, 0.25) is 5.28 Å². The average Bonchev–Trinajstić information content (AvgIpc) is 2.26. The molecule has 1 aromatic heterocycles. The second-order valence-electron chi connectivity index (χ2n) is 3.72. The molecule has 0 aliphatic carbocycles. The van der Waals surface area contributed by atoms with Crippen molar-refractivity contribution in [3.05, 3.63) is 29.0 Å². The summed E-state index contributed by atoms with van der Waals surface area (Å²) in [5.41, 5.74) is 0.985. The number of halogens is 2. The Bertz CT molecular complexity index is 599. The highest BCUT2D eigenvalue weighted by Crippen LogP contribution is 2.25. The van der Waals surface area contributed by atoms with Crippen molar-refractivity contribution < 1.29 is 4.79 Å². The molecule has 0 atom stereocenters. The number of fused-ring (bicyclic) bond motifs is 1. The molecule has 0 aliphatic heterocycles. The van der Waals surface area contributed by atoms with Crippen LogP contribution < -0.4 is 4.90 Å². The molecular weight excluding hydrogens is 261 g/mol. The van der Waals surface area contributed by atoms with Gasteiger partial charge in [-0.3, -0.25) is 4.79 Å². The van der Waals surface area contributed by atoms with Crippen molar-refractivity contribution in [2.75, 3.05) is 19.0 Å². The molecule has 6 heteroatoms. The molecule has 17 heavy (non-hydrogen) atoms. The fourth-order valence-electron chi connectivity index (χ4n) is 1.55. The minimum Gasteiger partial charge on any atom is -0.362 e. The van der Waals surface area contributed by atoms with Crippen LogP contribution in [0.1, 0.15) is 10.4 Å². The molecule has 1 aromatic carbocycles. The summed E-state index contributed by atoms with van der Waals surface area (Å²) in [7, 11) is 3.72. The zero-order valence-electron chi connectivity index (χ0n) is 9.24. The number of rotatable bonds is 2. The molecule has 0 radical (unpaired) electrons. The lowest BCUT2D eigenvalue weighted by molar-refractivity contribution is 0.108. The molecule has 0 bridgehead atoms. The minimum absolute atomic E-state index is 0.139. The van der Waals surface area contributed by atoms with Crippen LogP contribution in [0.3, 0.4) is 0 Å². The second kappa shape index (κ2) is 4.47. The van der Waals surface area contributed by atoms with Crippen molar-refractivity contribution in [2.45, 2.75) is 0 Å². The van der Waals surface area contributed by atoms with Gasteiger partial charge in [0.1, 0.15) is 5.82 Å². The van der Waals surface area contributed by atoms with Crippen LogP contribution in [0.4, 0.5) is 5.82 Å². The minimum atomic E-state index is -0.520. The summed E-state index contributed by atoms with van der Waals surface area (Å²) < 4.78 is 0. The Morgan fingerprint density at radius 3 is 2.59 bits per heavy atom. The molecule has 0 saturated carbocycles. The van der Waals surface area contributed by atoms with Crippen molar-refractivity contribution in [3.63, 3.8) is 0 Å². The van der Waals surface area contributed by atoms with Crippen LogP contribution in [0.5, 0.6) is 0 Å². The molecule has 0 aliphatic rings. The van der Waals surface area contributed by atoms with E-state index in [2.05, 4.69) is 9.97 Å². The monoisotopic (exact) mass is 269 g/mol. The van der Waals surface area contributed by atoms with Crippen LogP contribution in [-0.4, -0.2) is 29.3 Å². The lowest BCUT2D eigenvalue weighted by Gasteiger charge is -2.14. The van der Waals surface area contributed by atoms with Gasteiger partial charge in [0.2, 0.25) is 5.28 Å².